The number of hydrogen-bond acceptors (Lipinski definition) is 2. The quantitative estimate of drug-likeness (QED) is 0.802. The molecule has 2 nitrogen and oxygen atoms in total. The number of nitrogens with zero attached hydrogens (tertiary/aromatic N) is 1. The van der Waals surface area contributed by atoms with Crippen LogP contribution >= 0.6 is 12.4 Å². The standard InChI is InChI=1S/C17H18N2.ClH/c1-3-7-15-13(5-1)11-14-6-2-4-8-16(14)19-10-9-18-12-17(15)19;/h1-8,17-18H,9-12H2;1H/i9D2,10D2;. The van der Waals surface area contributed by atoms with Gasteiger partial charge in [0.15, 0.2) is 0 Å². The van der Waals surface area contributed by atoms with Crippen LogP contribution in [0.15, 0.2) is 48.5 Å². The molecule has 0 radical (unpaired) electrons. The molecule has 2 aliphatic rings. The predicted molar refractivity (Wildman–Crippen MR) is 85.9 cm³/mol. The Bertz CT molecular complexity index is 766. The Hall–Kier alpha value is -1.51. The molecule has 20 heavy (non-hydrogen) atoms. The molecule has 2 aromatic carbocycles. The molecule has 4 rings (SSSR count). The fourth-order valence-corrected chi connectivity index (χ4v) is 3.01. The third-order valence-electron chi connectivity index (χ3n) is 3.92. The van der Waals surface area contributed by atoms with E-state index >= 15 is 0 Å². The molecule has 0 spiro atoms. The van der Waals surface area contributed by atoms with E-state index in [9.17, 15) is 0 Å². The predicted octanol–water partition coefficient (Wildman–Crippen LogP) is 3.16. The smallest absolute Gasteiger partial charge is 0.0670 e. The lowest BCUT2D eigenvalue weighted by molar-refractivity contribution is 0.490. The van der Waals surface area contributed by atoms with Gasteiger partial charge in [-0.3, -0.25) is 0 Å². The van der Waals surface area contributed by atoms with E-state index in [1.807, 2.05) is 42.5 Å². The number of nitrogens with one attached hydrogen (secondary N) is 1. The van der Waals surface area contributed by atoms with Gasteiger partial charge >= 0.3 is 0 Å². The monoisotopic (exact) mass is 290 g/mol. The number of benzene rings is 2. The van der Waals surface area contributed by atoms with Crippen LogP contribution in [0, 0.1) is 0 Å². The molecule has 1 saturated heterocycles. The van der Waals surface area contributed by atoms with Crippen molar-refractivity contribution < 1.29 is 5.48 Å². The van der Waals surface area contributed by atoms with Gasteiger partial charge in [-0.1, -0.05) is 42.5 Å². The van der Waals surface area contributed by atoms with Gasteiger partial charge in [0, 0.05) is 28.0 Å². The van der Waals surface area contributed by atoms with Crippen molar-refractivity contribution in [2.75, 3.05) is 24.4 Å². The van der Waals surface area contributed by atoms with E-state index in [2.05, 4.69) is 11.4 Å². The lowest BCUT2D eigenvalue weighted by atomic mass is 9.96. The summed E-state index contributed by atoms with van der Waals surface area (Å²) in [6, 6.07) is 15.6. The molecule has 0 saturated carbocycles. The van der Waals surface area contributed by atoms with Crippen LogP contribution in [0.4, 0.5) is 5.69 Å². The summed E-state index contributed by atoms with van der Waals surface area (Å²) in [6.07, 6.45) is 0.735. The average molecular weight is 291 g/mol. The maximum atomic E-state index is 8.48. The molecule has 104 valence electrons. The van der Waals surface area contributed by atoms with E-state index in [-0.39, 0.29) is 18.4 Å². The molecule has 0 bridgehead atoms. The van der Waals surface area contributed by atoms with Crippen LogP contribution in [-0.2, 0) is 6.42 Å². The Balaban J connectivity index is 0.00000169. The highest BCUT2D eigenvalue weighted by Crippen LogP contribution is 2.37. The number of anilines is 1. The van der Waals surface area contributed by atoms with Crippen molar-refractivity contribution >= 4 is 18.1 Å². The van der Waals surface area contributed by atoms with E-state index < -0.39 is 13.0 Å². The van der Waals surface area contributed by atoms with Gasteiger partial charge in [0.2, 0.25) is 0 Å². The van der Waals surface area contributed by atoms with Crippen molar-refractivity contribution in [1.29, 1.82) is 0 Å². The second-order valence-electron chi connectivity index (χ2n) is 5.01. The van der Waals surface area contributed by atoms with Crippen LogP contribution in [0.2, 0.25) is 0 Å². The minimum Gasteiger partial charge on any atom is -0.362 e. The van der Waals surface area contributed by atoms with Crippen LogP contribution in [0.5, 0.6) is 0 Å². The molecular formula is C17H19ClN2. The van der Waals surface area contributed by atoms with Gasteiger partial charge in [0.05, 0.1) is 8.78 Å². The molecule has 0 aromatic heterocycles. The van der Waals surface area contributed by atoms with Crippen LogP contribution in [-0.4, -0.2) is 19.5 Å². The molecule has 3 heteroatoms. The van der Waals surface area contributed by atoms with E-state index in [0.29, 0.717) is 6.54 Å². The molecule has 0 amide bonds. The molecule has 2 heterocycles. The number of piperazine rings is 1. The number of fused-ring (bicyclic) bond motifs is 5. The summed E-state index contributed by atoms with van der Waals surface area (Å²) >= 11 is 0. The first kappa shape index (κ1) is 9.43. The van der Waals surface area contributed by atoms with Crippen LogP contribution in [0.3, 0.4) is 0 Å². The number of hydrogen-bond donors (Lipinski definition) is 1. The van der Waals surface area contributed by atoms with Crippen molar-refractivity contribution in [2.24, 2.45) is 0 Å². The highest BCUT2D eigenvalue weighted by atomic mass is 35.5. The zero-order valence-corrected chi connectivity index (χ0v) is 11.8. The first-order valence-corrected chi connectivity index (χ1v) is 6.62. The second kappa shape index (κ2) is 5.47. The van der Waals surface area contributed by atoms with E-state index in [1.165, 1.54) is 5.56 Å². The van der Waals surface area contributed by atoms with Crippen molar-refractivity contribution in [3.63, 3.8) is 0 Å². The summed E-state index contributed by atoms with van der Waals surface area (Å²) in [5, 5.41) is 2.76. The maximum absolute atomic E-state index is 8.48. The molecule has 2 aromatic rings. The van der Waals surface area contributed by atoms with Crippen molar-refractivity contribution in [1.82, 2.24) is 5.32 Å². The van der Waals surface area contributed by atoms with E-state index in [1.54, 1.807) is 4.90 Å². The van der Waals surface area contributed by atoms with Gasteiger partial charge in [-0.25, -0.2) is 0 Å². The van der Waals surface area contributed by atoms with Crippen molar-refractivity contribution in [3.05, 3.63) is 65.2 Å². The topological polar surface area (TPSA) is 15.3 Å². The minimum absolute atomic E-state index is 0. The highest BCUT2D eigenvalue weighted by molar-refractivity contribution is 5.85. The Kier molecular flexibility index (Phi) is 2.58. The number of rotatable bonds is 0. The van der Waals surface area contributed by atoms with Crippen molar-refractivity contribution in [3.8, 4) is 0 Å². The first-order valence-electron chi connectivity index (χ1n) is 8.62. The molecule has 1 fully saturated rings. The fraction of sp³-hybridized carbons (Fsp3) is 0.294. The summed E-state index contributed by atoms with van der Waals surface area (Å²) in [5.41, 5.74) is 4.05. The molecule has 1 N–H and O–H groups in total. The fourth-order valence-electron chi connectivity index (χ4n) is 3.01. The Morgan fingerprint density at radius 1 is 1.05 bits per heavy atom. The Morgan fingerprint density at radius 2 is 1.80 bits per heavy atom. The zero-order chi connectivity index (χ0) is 16.2. The van der Waals surface area contributed by atoms with Gasteiger partial charge in [-0.2, -0.15) is 0 Å². The lowest BCUT2D eigenvalue weighted by Crippen LogP contribution is -2.46. The van der Waals surface area contributed by atoms with E-state index in [4.69, 9.17) is 5.48 Å². The first-order chi connectivity index (χ1) is 10.9. The third-order valence-corrected chi connectivity index (χ3v) is 3.92. The maximum Gasteiger partial charge on any atom is 0.0670 e. The summed E-state index contributed by atoms with van der Waals surface area (Å²) in [6.45, 7) is -3.89. The second-order valence-corrected chi connectivity index (χ2v) is 5.01. The highest BCUT2D eigenvalue weighted by Gasteiger charge is 2.29. The molecule has 1 unspecified atom stereocenters. The van der Waals surface area contributed by atoms with Gasteiger partial charge in [0.1, 0.15) is 0 Å². The van der Waals surface area contributed by atoms with Gasteiger partial charge < -0.3 is 10.2 Å². The van der Waals surface area contributed by atoms with Gasteiger partial charge in [-0.15, -0.1) is 12.4 Å². The van der Waals surface area contributed by atoms with Crippen LogP contribution < -0.4 is 10.2 Å². The normalized spacial score (nSPS) is 28.0. The van der Waals surface area contributed by atoms with Gasteiger partial charge in [-0.05, 0) is 29.2 Å². The summed E-state index contributed by atoms with van der Waals surface area (Å²) in [5.74, 6) is 0. The van der Waals surface area contributed by atoms with Gasteiger partial charge in [0.25, 0.3) is 0 Å². The third kappa shape index (κ3) is 2.09. The number of para-hydroxylation sites is 1. The molecule has 1 atom stereocenters. The zero-order valence-electron chi connectivity index (χ0n) is 15.0. The average Bonchev–Trinajstić information content (AvgIpc) is 2.66. The SMILES string of the molecule is Cl.[2H]C1([2H])NCC2c3ccccc3Cc3ccccc3N2C1([2H])[2H]. The van der Waals surface area contributed by atoms with E-state index in [0.717, 1.165) is 23.2 Å². The minimum atomic E-state index is -2.15. The summed E-state index contributed by atoms with van der Waals surface area (Å²) in [4.78, 5) is 1.63. The Morgan fingerprint density at radius 3 is 2.70 bits per heavy atom. The molecular weight excluding hydrogens is 268 g/mol. The molecule has 0 aliphatic carbocycles. The summed E-state index contributed by atoms with van der Waals surface area (Å²) in [7, 11) is 0. The lowest BCUT2D eigenvalue weighted by Gasteiger charge is -2.38. The van der Waals surface area contributed by atoms with Crippen LogP contribution in [0.1, 0.15) is 28.2 Å². The largest absolute Gasteiger partial charge is 0.362 e. The van der Waals surface area contributed by atoms with Crippen LogP contribution in [0.25, 0.3) is 0 Å². The Labute approximate surface area is 131 Å². The molecule has 2 aliphatic heterocycles. The number of halogens is 1. The summed E-state index contributed by atoms with van der Waals surface area (Å²) < 4.78 is 33.1. The van der Waals surface area contributed by atoms with Crippen molar-refractivity contribution in [2.45, 2.75) is 12.5 Å².